The monoisotopic (exact) mass is 332 g/mol. The maximum absolute atomic E-state index is 12.8. The van der Waals surface area contributed by atoms with Crippen LogP contribution >= 0.6 is 12.4 Å². The number of carbonyl (C=O) groups excluding carboxylic acids is 1. The van der Waals surface area contributed by atoms with Crippen molar-refractivity contribution < 1.29 is 18.7 Å². The van der Waals surface area contributed by atoms with Crippen molar-refractivity contribution in [2.24, 2.45) is 0 Å². The zero-order valence-corrected chi connectivity index (χ0v) is 13.3. The van der Waals surface area contributed by atoms with Crippen LogP contribution in [0.2, 0.25) is 0 Å². The summed E-state index contributed by atoms with van der Waals surface area (Å²) in [5, 5.41) is 6.06. The molecular weight excluding hydrogens is 311 g/mol. The molecule has 7 heteroatoms. The van der Waals surface area contributed by atoms with Gasteiger partial charge < -0.3 is 20.1 Å². The molecule has 124 valence electrons. The van der Waals surface area contributed by atoms with Gasteiger partial charge in [0.2, 0.25) is 5.91 Å². The molecule has 2 atom stereocenters. The Morgan fingerprint density at radius 2 is 2.23 bits per heavy atom. The number of amides is 1. The fourth-order valence-electron chi connectivity index (χ4n) is 2.09. The molecular formula is C15H22ClFN2O3. The highest BCUT2D eigenvalue weighted by atomic mass is 35.5. The van der Waals surface area contributed by atoms with Crippen LogP contribution in [-0.4, -0.2) is 44.4 Å². The number of benzene rings is 1. The minimum absolute atomic E-state index is 0. The standard InChI is InChI=1S/C15H21FN2O3.ClH/c1-11(21-14-4-2-12(16)3-5-14)9-18-15(19)8-13-10-20-7-6-17-13;/h2-5,11,13,17H,6-10H2,1H3,(H,18,19);1H. The Balaban J connectivity index is 0.00000242. The molecule has 1 aliphatic rings. The van der Waals surface area contributed by atoms with E-state index in [4.69, 9.17) is 9.47 Å². The fraction of sp³-hybridized carbons (Fsp3) is 0.533. The molecule has 0 aromatic heterocycles. The van der Waals surface area contributed by atoms with E-state index in [1.807, 2.05) is 6.92 Å². The van der Waals surface area contributed by atoms with Crippen LogP contribution in [0.1, 0.15) is 13.3 Å². The lowest BCUT2D eigenvalue weighted by Gasteiger charge is -2.23. The van der Waals surface area contributed by atoms with Gasteiger partial charge in [-0.05, 0) is 31.2 Å². The Hall–Kier alpha value is -1.37. The second kappa shape index (κ2) is 9.61. The number of ether oxygens (including phenoxy) is 2. The average molecular weight is 333 g/mol. The molecule has 1 heterocycles. The van der Waals surface area contributed by atoms with E-state index < -0.39 is 0 Å². The summed E-state index contributed by atoms with van der Waals surface area (Å²) in [6.07, 6.45) is 0.207. The largest absolute Gasteiger partial charge is 0.489 e. The third-order valence-electron chi connectivity index (χ3n) is 3.17. The van der Waals surface area contributed by atoms with Gasteiger partial charge in [-0.15, -0.1) is 12.4 Å². The van der Waals surface area contributed by atoms with Gasteiger partial charge in [-0.25, -0.2) is 4.39 Å². The molecule has 2 rings (SSSR count). The number of hydrogen-bond donors (Lipinski definition) is 2. The first kappa shape index (κ1) is 18.7. The van der Waals surface area contributed by atoms with Crippen LogP contribution in [-0.2, 0) is 9.53 Å². The molecule has 2 N–H and O–H groups in total. The zero-order valence-electron chi connectivity index (χ0n) is 12.5. The number of hydrogen-bond acceptors (Lipinski definition) is 4. The van der Waals surface area contributed by atoms with E-state index in [1.54, 1.807) is 12.1 Å². The zero-order chi connectivity index (χ0) is 15.1. The van der Waals surface area contributed by atoms with Crippen LogP contribution < -0.4 is 15.4 Å². The Morgan fingerprint density at radius 3 is 2.86 bits per heavy atom. The van der Waals surface area contributed by atoms with Crippen molar-refractivity contribution in [1.29, 1.82) is 0 Å². The summed E-state index contributed by atoms with van der Waals surface area (Å²) in [6, 6.07) is 5.89. The predicted molar refractivity (Wildman–Crippen MR) is 84.0 cm³/mol. The summed E-state index contributed by atoms with van der Waals surface area (Å²) < 4.78 is 23.7. The van der Waals surface area contributed by atoms with Crippen LogP contribution in [0.4, 0.5) is 4.39 Å². The molecule has 0 bridgehead atoms. The van der Waals surface area contributed by atoms with Crippen molar-refractivity contribution in [2.45, 2.75) is 25.5 Å². The Bertz CT molecular complexity index is 453. The van der Waals surface area contributed by atoms with Crippen molar-refractivity contribution >= 4 is 18.3 Å². The number of halogens is 2. The van der Waals surface area contributed by atoms with Crippen LogP contribution in [0.3, 0.4) is 0 Å². The normalized spacial score (nSPS) is 18.9. The summed E-state index contributed by atoms with van der Waals surface area (Å²) in [6.45, 7) is 4.30. The van der Waals surface area contributed by atoms with Crippen LogP contribution in [0.5, 0.6) is 5.75 Å². The summed E-state index contributed by atoms with van der Waals surface area (Å²) in [5.41, 5.74) is 0. The number of morpholine rings is 1. The van der Waals surface area contributed by atoms with E-state index in [0.29, 0.717) is 31.9 Å². The van der Waals surface area contributed by atoms with E-state index in [2.05, 4.69) is 10.6 Å². The first-order valence-electron chi connectivity index (χ1n) is 7.13. The Morgan fingerprint density at radius 1 is 1.50 bits per heavy atom. The molecule has 22 heavy (non-hydrogen) atoms. The topological polar surface area (TPSA) is 59.6 Å². The Kier molecular flexibility index (Phi) is 8.16. The molecule has 1 aromatic carbocycles. The lowest BCUT2D eigenvalue weighted by Crippen LogP contribution is -2.45. The SMILES string of the molecule is CC(CNC(=O)CC1COCCN1)Oc1ccc(F)cc1.Cl. The molecule has 0 radical (unpaired) electrons. The van der Waals surface area contributed by atoms with Crippen molar-refractivity contribution in [3.05, 3.63) is 30.1 Å². The van der Waals surface area contributed by atoms with Crippen molar-refractivity contribution in [2.75, 3.05) is 26.3 Å². The van der Waals surface area contributed by atoms with Gasteiger partial charge in [0.25, 0.3) is 0 Å². The van der Waals surface area contributed by atoms with Crippen LogP contribution in [0.25, 0.3) is 0 Å². The van der Waals surface area contributed by atoms with Crippen molar-refractivity contribution in [3.63, 3.8) is 0 Å². The smallest absolute Gasteiger partial charge is 0.221 e. The van der Waals surface area contributed by atoms with Gasteiger partial charge in [-0.1, -0.05) is 0 Å². The van der Waals surface area contributed by atoms with Crippen molar-refractivity contribution in [3.8, 4) is 5.75 Å². The van der Waals surface area contributed by atoms with Crippen LogP contribution in [0.15, 0.2) is 24.3 Å². The Labute approximate surface area is 136 Å². The van der Waals surface area contributed by atoms with E-state index in [-0.39, 0.29) is 36.3 Å². The lowest BCUT2D eigenvalue weighted by atomic mass is 10.2. The maximum Gasteiger partial charge on any atom is 0.221 e. The van der Waals surface area contributed by atoms with Gasteiger partial charge in [0, 0.05) is 19.0 Å². The van der Waals surface area contributed by atoms with E-state index >= 15 is 0 Å². The second-order valence-corrected chi connectivity index (χ2v) is 5.12. The van der Waals surface area contributed by atoms with E-state index in [1.165, 1.54) is 12.1 Å². The van der Waals surface area contributed by atoms with E-state index in [9.17, 15) is 9.18 Å². The lowest BCUT2D eigenvalue weighted by molar-refractivity contribution is -0.122. The van der Waals surface area contributed by atoms with Gasteiger partial charge in [0.1, 0.15) is 17.7 Å². The fourth-order valence-corrected chi connectivity index (χ4v) is 2.09. The van der Waals surface area contributed by atoms with Gasteiger partial charge in [0.15, 0.2) is 0 Å². The molecule has 0 saturated carbocycles. The molecule has 1 saturated heterocycles. The summed E-state index contributed by atoms with van der Waals surface area (Å²) in [7, 11) is 0. The minimum atomic E-state index is -0.300. The first-order valence-corrected chi connectivity index (χ1v) is 7.13. The first-order chi connectivity index (χ1) is 10.1. The van der Waals surface area contributed by atoms with Gasteiger partial charge in [-0.3, -0.25) is 4.79 Å². The highest BCUT2D eigenvalue weighted by Crippen LogP contribution is 2.12. The quantitative estimate of drug-likeness (QED) is 0.829. The van der Waals surface area contributed by atoms with E-state index in [0.717, 1.165) is 6.54 Å². The van der Waals surface area contributed by atoms with Gasteiger partial charge in [-0.2, -0.15) is 0 Å². The maximum atomic E-state index is 12.8. The minimum Gasteiger partial charge on any atom is -0.489 e. The highest BCUT2D eigenvalue weighted by molar-refractivity contribution is 5.85. The third kappa shape index (κ3) is 6.60. The second-order valence-electron chi connectivity index (χ2n) is 5.12. The summed E-state index contributed by atoms with van der Waals surface area (Å²) in [4.78, 5) is 11.8. The van der Waals surface area contributed by atoms with Gasteiger partial charge >= 0.3 is 0 Å². The molecule has 1 aromatic rings. The summed E-state index contributed by atoms with van der Waals surface area (Å²) in [5.74, 6) is 0.249. The molecule has 5 nitrogen and oxygen atoms in total. The van der Waals surface area contributed by atoms with Gasteiger partial charge in [0.05, 0.1) is 19.8 Å². The molecule has 2 unspecified atom stereocenters. The number of carbonyl (C=O) groups is 1. The predicted octanol–water partition coefficient (Wildman–Crippen LogP) is 1.51. The highest BCUT2D eigenvalue weighted by Gasteiger charge is 2.17. The van der Waals surface area contributed by atoms with Crippen LogP contribution in [0, 0.1) is 5.82 Å². The molecule has 1 amide bonds. The molecule has 0 spiro atoms. The molecule has 1 fully saturated rings. The molecule has 0 aliphatic carbocycles. The van der Waals surface area contributed by atoms with Crippen molar-refractivity contribution in [1.82, 2.24) is 10.6 Å². The summed E-state index contributed by atoms with van der Waals surface area (Å²) >= 11 is 0. The average Bonchev–Trinajstić information content (AvgIpc) is 2.49. The molecule has 1 aliphatic heterocycles. The number of nitrogens with one attached hydrogen (secondary N) is 2. The number of rotatable bonds is 6. The third-order valence-corrected chi connectivity index (χ3v) is 3.17.